The number of carboxylic acids is 1. The van der Waals surface area contributed by atoms with Crippen LogP contribution in [0, 0.1) is 5.82 Å². The van der Waals surface area contributed by atoms with E-state index >= 15 is 0 Å². The topological polar surface area (TPSA) is 83.9 Å². The molecule has 0 aliphatic rings. The molecule has 3 aromatic rings. The number of ether oxygens (including phenoxy) is 1. The monoisotopic (exact) mass is 511 g/mol. The predicted molar refractivity (Wildman–Crippen MR) is 119 cm³/mol. The molecule has 0 aliphatic heterocycles. The van der Waals surface area contributed by atoms with Gasteiger partial charge >= 0.3 is 12.1 Å². The minimum absolute atomic E-state index is 0.0646. The number of sulfonamides is 1. The fourth-order valence-electron chi connectivity index (χ4n) is 3.29. The number of hydrogen-bond acceptors (Lipinski definition) is 4. The van der Waals surface area contributed by atoms with Crippen LogP contribution in [0.15, 0.2) is 77.7 Å². The lowest BCUT2D eigenvalue weighted by Crippen LogP contribution is -2.29. The van der Waals surface area contributed by atoms with E-state index in [2.05, 4.69) is 0 Å². The molecule has 1 N–H and O–H groups in total. The normalized spacial score (nSPS) is 13.9. The van der Waals surface area contributed by atoms with Gasteiger partial charge in [0.1, 0.15) is 11.6 Å². The zero-order valence-corrected chi connectivity index (χ0v) is 19.3. The van der Waals surface area contributed by atoms with Crippen molar-refractivity contribution >= 4 is 16.0 Å². The molecule has 0 bridgehead atoms. The van der Waals surface area contributed by atoms with Gasteiger partial charge in [-0.1, -0.05) is 24.3 Å². The van der Waals surface area contributed by atoms with E-state index in [1.165, 1.54) is 37.4 Å². The van der Waals surface area contributed by atoms with E-state index in [1.807, 2.05) is 0 Å². The van der Waals surface area contributed by atoms with Gasteiger partial charge in [0.2, 0.25) is 16.1 Å². The van der Waals surface area contributed by atoms with Crippen molar-refractivity contribution in [1.29, 1.82) is 0 Å². The van der Waals surface area contributed by atoms with E-state index in [1.54, 1.807) is 6.92 Å². The Balaban J connectivity index is 1.80. The van der Waals surface area contributed by atoms with Crippen LogP contribution < -0.4 is 4.74 Å². The third-order valence-electron chi connectivity index (χ3n) is 5.39. The number of aliphatic carboxylic acids is 1. The molecule has 0 aliphatic carbocycles. The highest BCUT2D eigenvalue weighted by atomic mass is 32.2. The number of hydrogen-bond donors (Lipinski definition) is 1. The van der Waals surface area contributed by atoms with Crippen LogP contribution in [0.25, 0.3) is 0 Å². The first-order chi connectivity index (χ1) is 16.3. The molecule has 0 aromatic heterocycles. The van der Waals surface area contributed by atoms with E-state index in [0.29, 0.717) is 11.6 Å². The third kappa shape index (κ3) is 5.98. The quantitative estimate of drug-likeness (QED) is 0.408. The van der Waals surface area contributed by atoms with Crippen LogP contribution in [0.3, 0.4) is 0 Å². The highest BCUT2D eigenvalue weighted by Gasteiger charge is 2.32. The van der Waals surface area contributed by atoms with Crippen LogP contribution in [0.4, 0.5) is 17.6 Å². The Morgan fingerprint density at radius 2 is 1.57 bits per heavy atom. The van der Waals surface area contributed by atoms with Crippen molar-refractivity contribution in [3.8, 4) is 5.75 Å². The van der Waals surface area contributed by atoms with Gasteiger partial charge in [-0.3, -0.25) is 0 Å². The molecule has 35 heavy (non-hydrogen) atoms. The first-order valence-electron chi connectivity index (χ1n) is 10.2. The standard InChI is InChI=1S/C24H21F4NO5S/c1-15(29(2)35(32,33)21-12-8-19(25)9-13-21)16-6-10-20(11-7-16)34-22(23(30)31)17-4-3-5-18(14-17)24(26,27)28/h3-15,22H,1-2H3,(H,30,31). The molecule has 2 atom stereocenters. The Bertz CT molecular complexity index is 1290. The molecule has 0 amide bonds. The number of carboxylic acid groups (broad SMARTS) is 1. The van der Waals surface area contributed by atoms with Crippen molar-refractivity contribution < 1.29 is 40.6 Å². The molecule has 0 saturated carbocycles. The highest BCUT2D eigenvalue weighted by Crippen LogP contribution is 2.33. The molecular formula is C24H21F4NO5S. The van der Waals surface area contributed by atoms with Gasteiger partial charge in [-0.15, -0.1) is 0 Å². The Kier molecular flexibility index (Phi) is 7.51. The van der Waals surface area contributed by atoms with E-state index in [0.717, 1.165) is 40.7 Å². The fraction of sp³-hybridized carbons (Fsp3) is 0.208. The number of benzene rings is 3. The molecule has 0 radical (unpaired) electrons. The molecule has 0 heterocycles. The van der Waals surface area contributed by atoms with Crippen LogP contribution in [0.2, 0.25) is 0 Å². The van der Waals surface area contributed by atoms with Gasteiger partial charge < -0.3 is 9.84 Å². The highest BCUT2D eigenvalue weighted by molar-refractivity contribution is 7.89. The summed E-state index contributed by atoms with van der Waals surface area (Å²) in [6, 6.07) is 13.4. The van der Waals surface area contributed by atoms with E-state index in [-0.39, 0.29) is 16.2 Å². The van der Waals surface area contributed by atoms with Gasteiger partial charge in [-0.2, -0.15) is 17.5 Å². The third-order valence-corrected chi connectivity index (χ3v) is 7.34. The van der Waals surface area contributed by atoms with Crippen molar-refractivity contribution in [2.75, 3.05) is 7.05 Å². The molecule has 0 saturated heterocycles. The van der Waals surface area contributed by atoms with Crippen molar-refractivity contribution in [2.24, 2.45) is 0 Å². The van der Waals surface area contributed by atoms with E-state index < -0.39 is 45.7 Å². The van der Waals surface area contributed by atoms with Crippen LogP contribution in [-0.4, -0.2) is 30.8 Å². The molecule has 3 rings (SSSR count). The Morgan fingerprint density at radius 3 is 2.11 bits per heavy atom. The van der Waals surface area contributed by atoms with Crippen LogP contribution in [0.1, 0.15) is 35.8 Å². The van der Waals surface area contributed by atoms with Gasteiger partial charge in [0, 0.05) is 18.7 Å². The zero-order chi connectivity index (χ0) is 26.0. The number of nitrogens with zero attached hydrogens (tertiary/aromatic N) is 1. The number of alkyl halides is 3. The summed E-state index contributed by atoms with van der Waals surface area (Å²) in [5, 5.41) is 9.51. The summed E-state index contributed by atoms with van der Waals surface area (Å²) in [5.74, 6) is -1.98. The maximum absolute atomic E-state index is 13.2. The number of carbonyl (C=O) groups is 1. The van der Waals surface area contributed by atoms with Gasteiger partial charge in [-0.05, 0) is 61.0 Å². The lowest BCUT2D eigenvalue weighted by molar-refractivity contribution is -0.146. The first kappa shape index (κ1) is 26.2. The maximum Gasteiger partial charge on any atom is 0.416 e. The summed E-state index contributed by atoms with van der Waals surface area (Å²) >= 11 is 0. The van der Waals surface area contributed by atoms with Gasteiger partial charge in [-0.25, -0.2) is 17.6 Å². The Morgan fingerprint density at radius 1 is 0.971 bits per heavy atom. The number of halogens is 4. The van der Waals surface area contributed by atoms with E-state index in [4.69, 9.17) is 4.74 Å². The van der Waals surface area contributed by atoms with Crippen molar-refractivity contribution in [3.05, 3.63) is 95.3 Å². The summed E-state index contributed by atoms with van der Waals surface area (Å²) in [5.41, 5.74) is -0.647. The molecule has 0 fully saturated rings. The smallest absolute Gasteiger partial charge is 0.416 e. The minimum Gasteiger partial charge on any atom is -0.478 e. The van der Waals surface area contributed by atoms with E-state index in [9.17, 15) is 35.9 Å². The van der Waals surface area contributed by atoms with Crippen LogP contribution >= 0.6 is 0 Å². The van der Waals surface area contributed by atoms with Gasteiger partial charge in [0.15, 0.2) is 0 Å². The van der Waals surface area contributed by atoms with Crippen LogP contribution in [0.5, 0.6) is 5.75 Å². The Hall–Kier alpha value is -3.44. The minimum atomic E-state index is -4.64. The summed E-state index contributed by atoms with van der Waals surface area (Å²) in [6.07, 6.45) is -6.33. The largest absolute Gasteiger partial charge is 0.478 e. The fourth-order valence-corrected chi connectivity index (χ4v) is 4.64. The molecular weight excluding hydrogens is 490 g/mol. The van der Waals surface area contributed by atoms with Crippen molar-refractivity contribution in [1.82, 2.24) is 4.31 Å². The molecule has 11 heteroatoms. The average Bonchev–Trinajstić information content (AvgIpc) is 2.81. The summed E-state index contributed by atoms with van der Waals surface area (Å²) in [4.78, 5) is 11.6. The second kappa shape index (κ2) is 10.0. The average molecular weight is 511 g/mol. The maximum atomic E-state index is 13.2. The second-order valence-corrected chi connectivity index (χ2v) is 9.68. The van der Waals surface area contributed by atoms with Gasteiger partial charge in [0.25, 0.3) is 0 Å². The van der Waals surface area contributed by atoms with Crippen LogP contribution in [-0.2, 0) is 21.0 Å². The second-order valence-electron chi connectivity index (χ2n) is 7.68. The van der Waals surface area contributed by atoms with Crippen molar-refractivity contribution in [3.63, 3.8) is 0 Å². The zero-order valence-electron chi connectivity index (χ0n) is 18.5. The lowest BCUT2D eigenvalue weighted by atomic mass is 10.1. The summed E-state index contributed by atoms with van der Waals surface area (Å²) in [6.45, 7) is 1.62. The first-order valence-corrected chi connectivity index (χ1v) is 11.6. The molecule has 6 nitrogen and oxygen atoms in total. The molecule has 2 unspecified atom stereocenters. The number of rotatable bonds is 8. The summed E-state index contributed by atoms with van der Waals surface area (Å²) < 4.78 is 84.4. The predicted octanol–water partition coefficient (Wildman–Crippen LogP) is 5.43. The van der Waals surface area contributed by atoms with Gasteiger partial charge in [0.05, 0.1) is 10.5 Å². The van der Waals surface area contributed by atoms with Crippen molar-refractivity contribution in [2.45, 2.75) is 30.1 Å². The Labute approximate surface area is 199 Å². The molecule has 186 valence electrons. The lowest BCUT2D eigenvalue weighted by Gasteiger charge is -2.25. The molecule has 3 aromatic carbocycles. The SMILES string of the molecule is CC(c1ccc(OC(C(=O)O)c2cccc(C(F)(F)F)c2)cc1)N(C)S(=O)(=O)c1ccc(F)cc1. The molecule has 0 spiro atoms. The summed E-state index contributed by atoms with van der Waals surface area (Å²) in [7, 11) is -2.57.